The van der Waals surface area contributed by atoms with Gasteiger partial charge in [0.1, 0.15) is 11.8 Å². The molecular weight excluding hydrogens is 274 g/mol. The Kier molecular flexibility index (Phi) is 4.76. The monoisotopic (exact) mass is 287 g/mol. The molecule has 0 fully saturated rings. The SMILES string of the molecule is COc1c(Br)cccc1CNC(C)C(=O)O. The molecule has 0 aromatic heterocycles. The lowest BCUT2D eigenvalue weighted by Gasteiger charge is -2.13. The number of rotatable bonds is 5. The molecule has 0 aliphatic heterocycles. The summed E-state index contributed by atoms with van der Waals surface area (Å²) in [4.78, 5) is 10.6. The Morgan fingerprint density at radius 3 is 2.88 bits per heavy atom. The van der Waals surface area contributed by atoms with E-state index < -0.39 is 12.0 Å². The van der Waals surface area contributed by atoms with E-state index in [1.807, 2.05) is 18.2 Å². The van der Waals surface area contributed by atoms with Crippen LogP contribution in [0.1, 0.15) is 12.5 Å². The molecule has 0 heterocycles. The minimum absolute atomic E-state index is 0.454. The zero-order valence-corrected chi connectivity index (χ0v) is 10.7. The van der Waals surface area contributed by atoms with Gasteiger partial charge >= 0.3 is 5.97 Å². The van der Waals surface area contributed by atoms with Crippen LogP contribution in [-0.4, -0.2) is 24.2 Å². The van der Waals surface area contributed by atoms with Crippen LogP contribution in [0.2, 0.25) is 0 Å². The normalized spacial score (nSPS) is 12.2. The lowest BCUT2D eigenvalue weighted by atomic mass is 10.2. The van der Waals surface area contributed by atoms with Crippen LogP contribution in [0.25, 0.3) is 0 Å². The van der Waals surface area contributed by atoms with Crippen LogP contribution < -0.4 is 10.1 Å². The van der Waals surface area contributed by atoms with Crippen molar-refractivity contribution in [3.8, 4) is 5.75 Å². The summed E-state index contributed by atoms with van der Waals surface area (Å²) in [5, 5.41) is 11.6. The summed E-state index contributed by atoms with van der Waals surface area (Å²) in [5.74, 6) is -0.137. The molecule has 0 aliphatic carbocycles. The number of aliphatic carboxylic acids is 1. The van der Waals surface area contributed by atoms with Crippen molar-refractivity contribution < 1.29 is 14.6 Å². The van der Waals surface area contributed by atoms with Gasteiger partial charge < -0.3 is 15.2 Å². The van der Waals surface area contributed by atoms with Crippen LogP contribution in [0.5, 0.6) is 5.75 Å². The largest absolute Gasteiger partial charge is 0.495 e. The molecule has 1 atom stereocenters. The lowest BCUT2D eigenvalue weighted by Crippen LogP contribution is -2.33. The number of methoxy groups -OCH3 is 1. The number of ether oxygens (including phenoxy) is 1. The van der Waals surface area contributed by atoms with E-state index in [2.05, 4.69) is 21.2 Å². The fourth-order valence-corrected chi connectivity index (χ4v) is 1.84. The van der Waals surface area contributed by atoms with Crippen molar-refractivity contribution >= 4 is 21.9 Å². The van der Waals surface area contributed by atoms with Gasteiger partial charge in [0, 0.05) is 12.1 Å². The standard InChI is InChI=1S/C11H14BrNO3/c1-7(11(14)15)13-6-8-4-3-5-9(12)10(8)16-2/h3-5,7,13H,6H2,1-2H3,(H,14,15). The molecule has 0 bridgehead atoms. The van der Waals surface area contributed by atoms with E-state index in [0.29, 0.717) is 6.54 Å². The molecule has 1 aromatic carbocycles. The van der Waals surface area contributed by atoms with Gasteiger partial charge in [0.25, 0.3) is 0 Å². The molecule has 1 unspecified atom stereocenters. The van der Waals surface area contributed by atoms with Gasteiger partial charge in [-0.3, -0.25) is 4.79 Å². The maximum Gasteiger partial charge on any atom is 0.320 e. The highest BCUT2D eigenvalue weighted by atomic mass is 79.9. The number of halogens is 1. The van der Waals surface area contributed by atoms with Crippen molar-refractivity contribution in [3.63, 3.8) is 0 Å². The predicted octanol–water partition coefficient (Wildman–Crippen LogP) is 2.02. The molecule has 0 spiro atoms. The first kappa shape index (κ1) is 13.0. The number of hydrogen-bond donors (Lipinski definition) is 2. The van der Waals surface area contributed by atoms with E-state index >= 15 is 0 Å². The molecule has 88 valence electrons. The van der Waals surface area contributed by atoms with Crippen LogP contribution in [0.4, 0.5) is 0 Å². The Hall–Kier alpha value is -1.07. The quantitative estimate of drug-likeness (QED) is 0.870. The molecule has 1 rings (SSSR count). The highest BCUT2D eigenvalue weighted by Gasteiger charge is 2.12. The maximum atomic E-state index is 10.6. The third-order valence-corrected chi connectivity index (χ3v) is 2.85. The zero-order chi connectivity index (χ0) is 12.1. The summed E-state index contributed by atoms with van der Waals surface area (Å²) in [6.07, 6.45) is 0. The molecular formula is C11H14BrNO3. The minimum atomic E-state index is -0.867. The fraction of sp³-hybridized carbons (Fsp3) is 0.364. The van der Waals surface area contributed by atoms with Gasteiger partial charge in [-0.1, -0.05) is 12.1 Å². The zero-order valence-electron chi connectivity index (χ0n) is 9.16. The number of para-hydroxylation sites is 1. The number of carboxylic acid groups (broad SMARTS) is 1. The van der Waals surface area contributed by atoms with E-state index in [0.717, 1.165) is 15.8 Å². The van der Waals surface area contributed by atoms with Crippen molar-refractivity contribution in [2.24, 2.45) is 0 Å². The van der Waals surface area contributed by atoms with Crippen LogP contribution in [0.15, 0.2) is 22.7 Å². The van der Waals surface area contributed by atoms with Crippen molar-refractivity contribution in [3.05, 3.63) is 28.2 Å². The molecule has 0 saturated heterocycles. The second-order valence-corrected chi connectivity index (χ2v) is 4.23. The van der Waals surface area contributed by atoms with Crippen LogP contribution in [-0.2, 0) is 11.3 Å². The van der Waals surface area contributed by atoms with Crippen LogP contribution >= 0.6 is 15.9 Å². The van der Waals surface area contributed by atoms with E-state index in [1.165, 1.54) is 0 Å². The maximum absolute atomic E-state index is 10.6. The average molecular weight is 288 g/mol. The summed E-state index contributed by atoms with van der Waals surface area (Å²) in [6.45, 7) is 2.06. The van der Waals surface area contributed by atoms with Crippen molar-refractivity contribution in [2.75, 3.05) is 7.11 Å². The topological polar surface area (TPSA) is 58.6 Å². The van der Waals surface area contributed by atoms with Gasteiger partial charge in [0.15, 0.2) is 0 Å². The predicted molar refractivity (Wildman–Crippen MR) is 64.6 cm³/mol. The van der Waals surface area contributed by atoms with Gasteiger partial charge in [-0.2, -0.15) is 0 Å². The third kappa shape index (κ3) is 3.21. The number of carboxylic acids is 1. The summed E-state index contributed by atoms with van der Waals surface area (Å²) < 4.78 is 6.09. The molecule has 0 saturated carbocycles. The highest BCUT2D eigenvalue weighted by molar-refractivity contribution is 9.10. The van der Waals surface area contributed by atoms with Gasteiger partial charge in [-0.15, -0.1) is 0 Å². The molecule has 5 heteroatoms. The first-order valence-corrected chi connectivity index (χ1v) is 5.63. The van der Waals surface area contributed by atoms with Crippen molar-refractivity contribution in [1.29, 1.82) is 0 Å². The van der Waals surface area contributed by atoms with E-state index in [-0.39, 0.29) is 0 Å². The first-order valence-electron chi connectivity index (χ1n) is 4.83. The second kappa shape index (κ2) is 5.86. The minimum Gasteiger partial charge on any atom is -0.495 e. The van der Waals surface area contributed by atoms with Gasteiger partial charge in [0.05, 0.1) is 11.6 Å². The molecule has 2 N–H and O–H groups in total. The Balaban J connectivity index is 2.74. The third-order valence-electron chi connectivity index (χ3n) is 2.22. The fourth-order valence-electron chi connectivity index (χ4n) is 1.27. The van der Waals surface area contributed by atoms with Crippen molar-refractivity contribution in [2.45, 2.75) is 19.5 Å². The van der Waals surface area contributed by atoms with Gasteiger partial charge in [0.2, 0.25) is 0 Å². The Morgan fingerprint density at radius 1 is 1.62 bits per heavy atom. The summed E-state index contributed by atoms with van der Waals surface area (Å²) in [5.41, 5.74) is 0.921. The molecule has 0 amide bonds. The highest BCUT2D eigenvalue weighted by Crippen LogP contribution is 2.28. The van der Waals surface area contributed by atoms with Crippen LogP contribution in [0.3, 0.4) is 0 Å². The number of hydrogen-bond acceptors (Lipinski definition) is 3. The summed E-state index contributed by atoms with van der Waals surface area (Å²) in [6, 6.07) is 5.08. The van der Waals surface area contributed by atoms with Gasteiger partial charge in [-0.25, -0.2) is 0 Å². The summed E-state index contributed by atoms with van der Waals surface area (Å²) >= 11 is 3.37. The number of benzene rings is 1. The van der Waals surface area contributed by atoms with E-state index in [1.54, 1.807) is 14.0 Å². The molecule has 0 radical (unpaired) electrons. The summed E-state index contributed by atoms with van der Waals surface area (Å²) in [7, 11) is 1.59. The van der Waals surface area contributed by atoms with Gasteiger partial charge in [-0.05, 0) is 28.9 Å². The Bertz CT molecular complexity index is 381. The first-order chi connectivity index (χ1) is 7.56. The van der Waals surface area contributed by atoms with E-state index in [4.69, 9.17) is 9.84 Å². The van der Waals surface area contributed by atoms with Crippen molar-refractivity contribution in [1.82, 2.24) is 5.32 Å². The molecule has 1 aromatic rings. The Morgan fingerprint density at radius 2 is 2.31 bits per heavy atom. The molecule has 16 heavy (non-hydrogen) atoms. The van der Waals surface area contributed by atoms with Crippen LogP contribution in [0, 0.1) is 0 Å². The smallest absolute Gasteiger partial charge is 0.320 e. The van der Waals surface area contributed by atoms with E-state index in [9.17, 15) is 4.79 Å². The second-order valence-electron chi connectivity index (χ2n) is 3.37. The number of carbonyl (C=O) groups is 1. The lowest BCUT2D eigenvalue weighted by molar-refractivity contribution is -0.139. The number of nitrogens with one attached hydrogen (secondary N) is 1. The Labute approximate surface area is 103 Å². The molecule has 0 aliphatic rings. The average Bonchev–Trinajstić information content (AvgIpc) is 2.25. The molecule has 4 nitrogen and oxygen atoms in total.